The fraction of sp³-hybridized carbons (Fsp3) is 0.111. The average molecular weight is 499 g/mol. The quantitative estimate of drug-likeness (QED) is 0.307. The summed E-state index contributed by atoms with van der Waals surface area (Å²) in [4.78, 5) is 43.0. The van der Waals surface area contributed by atoms with Crippen LogP contribution in [0.3, 0.4) is 0 Å². The van der Waals surface area contributed by atoms with Gasteiger partial charge in [-0.05, 0) is 36.8 Å². The molecule has 5 aromatic rings. The lowest BCUT2D eigenvalue weighted by atomic mass is 10.1. The number of thiazole rings is 1. The van der Waals surface area contributed by atoms with Crippen molar-refractivity contribution >= 4 is 39.2 Å². The van der Waals surface area contributed by atoms with Gasteiger partial charge in [0, 0.05) is 11.6 Å². The number of aromatic amines is 1. The van der Waals surface area contributed by atoms with E-state index in [0.717, 1.165) is 10.2 Å². The lowest BCUT2D eigenvalue weighted by molar-refractivity contribution is -0.124. The molecule has 1 atom stereocenters. The van der Waals surface area contributed by atoms with Crippen LogP contribution in [0.2, 0.25) is 0 Å². The molecule has 0 aliphatic carbocycles. The molecule has 9 heteroatoms. The highest BCUT2D eigenvalue weighted by molar-refractivity contribution is 7.21. The first-order valence-electron chi connectivity index (χ1n) is 11.4. The van der Waals surface area contributed by atoms with Crippen molar-refractivity contribution in [1.82, 2.24) is 14.8 Å². The molecule has 0 aliphatic rings. The third kappa shape index (κ3) is 4.69. The Kier molecular flexibility index (Phi) is 6.46. The molecule has 180 valence electrons. The third-order valence-corrected chi connectivity index (χ3v) is 6.65. The van der Waals surface area contributed by atoms with Crippen molar-refractivity contribution in [2.45, 2.75) is 19.4 Å². The number of hydrogen-bond donors (Lipinski definition) is 2. The molecule has 0 fully saturated rings. The molecular formula is C27H22N4O4S. The molecule has 0 radical (unpaired) electrons. The Bertz CT molecular complexity index is 1570. The van der Waals surface area contributed by atoms with Gasteiger partial charge in [-0.2, -0.15) is 0 Å². The summed E-state index contributed by atoms with van der Waals surface area (Å²) in [6, 6.07) is 25.1. The molecule has 1 amide bonds. The lowest BCUT2D eigenvalue weighted by Gasteiger charge is -2.16. The maximum Gasteiger partial charge on any atom is 0.339 e. The zero-order chi connectivity index (χ0) is 25.1. The lowest BCUT2D eigenvalue weighted by Crippen LogP contribution is -2.32. The second kappa shape index (κ2) is 10.0. The maximum absolute atomic E-state index is 13.1. The minimum Gasteiger partial charge on any atom is -0.449 e. The Morgan fingerprint density at radius 1 is 1.03 bits per heavy atom. The van der Waals surface area contributed by atoms with Gasteiger partial charge in [0.1, 0.15) is 10.8 Å². The normalized spacial score (nSPS) is 11.8. The number of para-hydroxylation sites is 2. The fourth-order valence-corrected chi connectivity index (χ4v) is 4.80. The number of nitrogens with one attached hydrogen (secondary N) is 2. The van der Waals surface area contributed by atoms with Crippen LogP contribution in [0, 0.1) is 0 Å². The second-order valence-corrected chi connectivity index (χ2v) is 9.03. The second-order valence-electron chi connectivity index (χ2n) is 8.00. The van der Waals surface area contributed by atoms with E-state index in [-0.39, 0.29) is 17.8 Å². The van der Waals surface area contributed by atoms with E-state index in [4.69, 9.17) is 4.74 Å². The van der Waals surface area contributed by atoms with Gasteiger partial charge in [-0.3, -0.25) is 14.7 Å². The van der Waals surface area contributed by atoms with Crippen LogP contribution in [0.4, 0.5) is 5.82 Å². The van der Waals surface area contributed by atoms with E-state index in [0.29, 0.717) is 21.8 Å². The highest BCUT2D eigenvalue weighted by Crippen LogP contribution is 2.32. The van der Waals surface area contributed by atoms with Crippen molar-refractivity contribution in [3.05, 3.63) is 101 Å². The number of nitrogens with zero attached hydrogens (tertiary/aromatic N) is 2. The van der Waals surface area contributed by atoms with E-state index in [9.17, 15) is 14.4 Å². The zero-order valence-corrected chi connectivity index (χ0v) is 20.1. The van der Waals surface area contributed by atoms with Gasteiger partial charge in [0.05, 0.1) is 21.5 Å². The van der Waals surface area contributed by atoms with Gasteiger partial charge < -0.3 is 10.1 Å². The Balaban J connectivity index is 1.34. The summed E-state index contributed by atoms with van der Waals surface area (Å²) in [5, 5.41) is 6.20. The van der Waals surface area contributed by atoms with Crippen LogP contribution in [0.5, 0.6) is 0 Å². The molecule has 0 aliphatic heterocycles. The molecule has 3 aromatic carbocycles. The van der Waals surface area contributed by atoms with Crippen LogP contribution in [0.1, 0.15) is 23.7 Å². The zero-order valence-electron chi connectivity index (χ0n) is 19.3. The largest absolute Gasteiger partial charge is 0.449 e. The van der Waals surface area contributed by atoms with Crippen LogP contribution in [-0.2, 0) is 9.53 Å². The van der Waals surface area contributed by atoms with Crippen LogP contribution in [-0.4, -0.2) is 32.7 Å². The van der Waals surface area contributed by atoms with Crippen LogP contribution < -0.4 is 10.9 Å². The first-order chi connectivity index (χ1) is 17.5. The number of esters is 1. The smallest absolute Gasteiger partial charge is 0.339 e. The molecule has 2 heterocycles. The van der Waals surface area contributed by atoms with Crippen molar-refractivity contribution in [1.29, 1.82) is 0 Å². The minimum absolute atomic E-state index is 0.207. The Labute approximate surface area is 210 Å². The van der Waals surface area contributed by atoms with E-state index in [1.54, 1.807) is 43.3 Å². The molecule has 8 nitrogen and oxygen atoms in total. The standard InChI is InChI=1S/C27H22N4O4S/c1-2-21(25(33)29-23-16-24(32)31(30-23)17-10-4-3-5-11-17)35-27(34)19-13-7-6-12-18(19)26-28-20-14-8-9-15-22(20)36-26/h3-16,21,30H,2H2,1H3,(H,29,33). The number of rotatable bonds is 7. The van der Waals surface area contributed by atoms with Gasteiger partial charge in [0.25, 0.3) is 11.5 Å². The van der Waals surface area contributed by atoms with Crippen molar-refractivity contribution in [2.75, 3.05) is 5.32 Å². The summed E-state index contributed by atoms with van der Waals surface area (Å²) >= 11 is 1.48. The SMILES string of the molecule is CCC(OC(=O)c1ccccc1-c1nc2ccccc2s1)C(=O)Nc1cc(=O)n(-c2ccccc2)[nH]1. The van der Waals surface area contributed by atoms with Gasteiger partial charge >= 0.3 is 5.97 Å². The molecule has 5 rings (SSSR count). The monoisotopic (exact) mass is 498 g/mol. The molecular weight excluding hydrogens is 476 g/mol. The van der Waals surface area contributed by atoms with Gasteiger partial charge in [-0.15, -0.1) is 11.3 Å². The fourth-order valence-electron chi connectivity index (χ4n) is 3.79. The summed E-state index contributed by atoms with van der Waals surface area (Å²) in [6.45, 7) is 1.74. The molecule has 2 N–H and O–H groups in total. The number of aromatic nitrogens is 3. The van der Waals surface area contributed by atoms with Crippen molar-refractivity contribution in [3.63, 3.8) is 0 Å². The predicted octanol–water partition coefficient (Wildman–Crippen LogP) is 5.02. The number of amides is 1. The molecule has 2 aromatic heterocycles. The molecule has 0 saturated carbocycles. The van der Waals surface area contributed by atoms with E-state index < -0.39 is 18.0 Å². The highest BCUT2D eigenvalue weighted by atomic mass is 32.1. The van der Waals surface area contributed by atoms with E-state index >= 15 is 0 Å². The summed E-state index contributed by atoms with van der Waals surface area (Å²) in [7, 11) is 0. The van der Waals surface area contributed by atoms with E-state index in [1.807, 2.05) is 42.5 Å². The van der Waals surface area contributed by atoms with Gasteiger partial charge in [0.2, 0.25) is 0 Å². The van der Waals surface area contributed by atoms with Crippen LogP contribution in [0.15, 0.2) is 89.7 Å². The summed E-state index contributed by atoms with van der Waals surface area (Å²) in [5.74, 6) is -0.954. The summed E-state index contributed by atoms with van der Waals surface area (Å²) < 4.78 is 7.93. The van der Waals surface area contributed by atoms with Crippen molar-refractivity contribution in [3.8, 4) is 16.3 Å². The number of ether oxygens (including phenoxy) is 1. The summed E-state index contributed by atoms with van der Waals surface area (Å²) in [5.41, 5.74) is 2.12. The number of anilines is 1. The Morgan fingerprint density at radius 3 is 2.53 bits per heavy atom. The molecule has 0 spiro atoms. The van der Waals surface area contributed by atoms with Crippen LogP contribution >= 0.6 is 11.3 Å². The number of H-pyrrole nitrogens is 1. The number of carbonyl (C=O) groups excluding carboxylic acids is 2. The third-order valence-electron chi connectivity index (χ3n) is 5.58. The highest BCUT2D eigenvalue weighted by Gasteiger charge is 2.25. The average Bonchev–Trinajstić information content (AvgIpc) is 3.50. The van der Waals surface area contributed by atoms with E-state index in [2.05, 4.69) is 15.4 Å². The molecule has 0 saturated heterocycles. The molecule has 36 heavy (non-hydrogen) atoms. The maximum atomic E-state index is 13.1. The Hall–Kier alpha value is -4.50. The van der Waals surface area contributed by atoms with Gasteiger partial charge in [0.15, 0.2) is 6.10 Å². The number of carbonyl (C=O) groups is 2. The predicted molar refractivity (Wildman–Crippen MR) is 140 cm³/mol. The Morgan fingerprint density at radius 2 is 1.75 bits per heavy atom. The first-order valence-corrected chi connectivity index (χ1v) is 12.2. The van der Waals surface area contributed by atoms with E-state index in [1.165, 1.54) is 22.1 Å². The molecule has 1 unspecified atom stereocenters. The minimum atomic E-state index is -1.05. The summed E-state index contributed by atoms with van der Waals surface area (Å²) in [6.07, 6.45) is -0.797. The number of hydrogen-bond acceptors (Lipinski definition) is 6. The van der Waals surface area contributed by atoms with Crippen molar-refractivity contribution < 1.29 is 14.3 Å². The van der Waals surface area contributed by atoms with Crippen molar-refractivity contribution in [2.24, 2.45) is 0 Å². The van der Waals surface area contributed by atoms with Gasteiger partial charge in [-0.25, -0.2) is 14.5 Å². The topological polar surface area (TPSA) is 106 Å². The number of fused-ring (bicyclic) bond motifs is 1. The number of benzene rings is 3. The van der Waals surface area contributed by atoms with Gasteiger partial charge in [-0.1, -0.05) is 55.5 Å². The van der Waals surface area contributed by atoms with Crippen LogP contribution in [0.25, 0.3) is 26.5 Å². The first kappa shape index (κ1) is 23.3. The molecule has 0 bridgehead atoms.